The predicted octanol–water partition coefficient (Wildman–Crippen LogP) is 7.97. The number of carbonyl (C=O) groups is 1. The number of fused-ring (bicyclic) bond motifs is 13. The highest BCUT2D eigenvalue weighted by atomic mass is 16.5. The average molecular weight is 439 g/mol. The van der Waals surface area contributed by atoms with E-state index in [1.165, 1.54) is 72.3 Å². The number of hydrogen-bond donors (Lipinski definition) is 0. The van der Waals surface area contributed by atoms with Gasteiger partial charge in [-0.3, -0.25) is 4.79 Å². The van der Waals surface area contributed by atoms with Crippen LogP contribution >= 0.6 is 0 Å². The number of ether oxygens (including phenoxy) is 1. The molecule has 0 N–H and O–H groups in total. The van der Waals surface area contributed by atoms with Gasteiger partial charge in [0.1, 0.15) is 6.61 Å². The molecule has 2 heteroatoms. The van der Waals surface area contributed by atoms with Gasteiger partial charge in [0.05, 0.1) is 0 Å². The molecule has 7 rings (SSSR count). The van der Waals surface area contributed by atoms with Crippen molar-refractivity contribution in [3.8, 4) is 11.1 Å². The standard InChI is InChI=1S/C32H22O2/c1-19(33)34-18-28-29-24-14-6-2-10-20(24)22-12-4-8-16-26(22)31(29)32-27-17-9-5-13-23(27)21-11-3-7-15-25(21)30(28)32/h2-17,28H,18H2,1H3. The van der Waals surface area contributed by atoms with Crippen LogP contribution in [0.15, 0.2) is 97.1 Å². The number of hydrogen-bond acceptors (Lipinski definition) is 2. The second kappa shape index (κ2) is 7.16. The van der Waals surface area contributed by atoms with Crippen molar-refractivity contribution in [1.82, 2.24) is 0 Å². The summed E-state index contributed by atoms with van der Waals surface area (Å²) in [6.45, 7) is 1.83. The number of rotatable bonds is 2. The van der Waals surface area contributed by atoms with Crippen LogP contribution in [0.2, 0.25) is 0 Å². The zero-order valence-corrected chi connectivity index (χ0v) is 18.8. The molecule has 0 saturated carbocycles. The molecule has 0 heterocycles. The van der Waals surface area contributed by atoms with Crippen molar-refractivity contribution in [2.24, 2.45) is 0 Å². The molecule has 0 spiro atoms. The van der Waals surface area contributed by atoms with E-state index in [0.29, 0.717) is 6.61 Å². The second-order valence-electron chi connectivity index (χ2n) is 9.11. The van der Waals surface area contributed by atoms with Gasteiger partial charge in [0, 0.05) is 12.8 Å². The monoisotopic (exact) mass is 438 g/mol. The average Bonchev–Trinajstić information content (AvgIpc) is 3.24. The van der Waals surface area contributed by atoms with E-state index in [1.807, 2.05) is 0 Å². The number of esters is 1. The Labute approximate surface area is 197 Å². The first-order valence-electron chi connectivity index (χ1n) is 11.7. The molecular weight excluding hydrogens is 416 g/mol. The fourth-order valence-corrected chi connectivity index (χ4v) is 6.11. The molecule has 6 aromatic carbocycles. The molecule has 34 heavy (non-hydrogen) atoms. The minimum atomic E-state index is -0.245. The first-order valence-corrected chi connectivity index (χ1v) is 11.7. The van der Waals surface area contributed by atoms with Gasteiger partial charge in [0.2, 0.25) is 0 Å². The fourth-order valence-electron chi connectivity index (χ4n) is 6.11. The quantitative estimate of drug-likeness (QED) is 0.202. The summed E-state index contributed by atoms with van der Waals surface area (Å²) in [6, 6.07) is 34.7. The maximum Gasteiger partial charge on any atom is 0.302 e. The van der Waals surface area contributed by atoms with Crippen molar-refractivity contribution in [3.63, 3.8) is 0 Å². The zero-order valence-electron chi connectivity index (χ0n) is 18.8. The lowest BCUT2D eigenvalue weighted by molar-refractivity contribution is -0.141. The number of benzene rings is 6. The molecule has 0 fully saturated rings. The Morgan fingerprint density at radius 3 is 1.26 bits per heavy atom. The van der Waals surface area contributed by atoms with Gasteiger partial charge < -0.3 is 4.74 Å². The van der Waals surface area contributed by atoms with Gasteiger partial charge in [-0.25, -0.2) is 0 Å². The van der Waals surface area contributed by atoms with Crippen molar-refractivity contribution in [3.05, 3.63) is 108 Å². The van der Waals surface area contributed by atoms with E-state index >= 15 is 0 Å². The molecule has 1 aliphatic rings. The Kier molecular flexibility index (Phi) is 4.07. The van der Waals surface area contributed by atoms with Crippen molar-refractivity contribution in [2.75, 3.05) is 6.61 Å². The van der Waals surface area contributed by atoms with Crippen LogP contribution in [-0.2, 0) is 9.53 Å². The minimum absolute atomic E-state index is 0.0297. The first kappa shape index (κ1) is 19.3. The highest BCUT2D eigenvalue weighted by molar-refractivity contribution is 6.25. The Hall–Kier alpha value is -4.17. The third-order valence-electron chi connectivity index (χ3n) is 7.35. The molecular formula is C32H22O2. The van der Waals surface area contributed by atoms with Crippen LogP contribution in [-0.4, -0.2) is 12.6 Å². The van der Waals surface area contributed by atoms with Crippen LogP contribution in [0, 0.1) is 0 Å². The Bertz CT molecular complexity index is 1670. The smallest absolute Gasteiger partial charge is 0.302 e. The predicted molar refractivity (Wildman–Crippen MR) is 140 cm³/mol. The Morgan fingerprint density at radius 2 is 0.882 bits per heavy atom. The van der Waals surface area contributed by atoms with Gasteiger partial charge in [-0.05, 0) is 65.3 Å². The van der Waals surface area contributed by atoms with Gasteiger partial charge in [0.25, 0.3) is 0 Å². The SMILES string of the molecule is CC(=O)OCC1c2c(c3ccccc3c3ccccc23)-c2c1c1ccccc1c1ccccc21. The van der Waals surface area contributed by atoms with E-state index in [9.17, 15) is 4.79 Å². The summed E-state index contributed by atoms with van der Waals surface area (Å²) in [5.74, 6) is -0.275. The topological polar surface area (TPSA) is 26.3 Å². The van der Waals surface area contributed by atoms with Crippen LogP contribution in [0.5, 0.6) is 0 Å². The molecule has 0 saturated heterocycles. The highest BCUT2D eigenvalue weighted by Gasteiger charge is 2.36. The molecule has 0 atom stereocenters. The summed E-state index contributed by atoms with van der Waals surface area (Å²) >= 11 is 0. The van der Waals surface area contributed by atoms with Crippen LogP contribution < -0.4 is 0 Å². The molecule has 0 radical (unpaired) electrons. The molecule has 0 unspecified atom stereocenters. The Morgan fingerprint density at radius 1 is 0.559 bits per heavy atom. The lowest BCUT2D eigenvalue weighted by Gasteiger charge is -2.18. The molecule has 162 valence electrons. The van der Waals surface area contributed by atoms with Gasteiger partial charge in [-0.15, -0.1) is 0 Å². The van der Waals surface area contributed by atoms with Gasteiger partial charge in [-0.2, -0.15) is 0 Å². The molecule has 6 aromatic rings. The van der Waals surface area contributed by atoms with Crippen LogP contribution in [0.4, 0.5) is 0 Å². The summed E-state index contributed by atoms with van der Waals surface area (Å²) < 4.78 is 5.72. The van der Waals surface area contributed by atoms with E-state index in [2.05, 4.69) is 97.1 Å². The highest BCUT2D eigenvalue weighted by Crippen LogP contribution is 2.56. The molecule has 0 aromatic heterocycles. The van der Waals surface area contributed by atoms with Gasteiger partial charge in [-0.1, -0.05) is 97.1 Å². The van der Waals surface area contributed by atoms with Crippen molar-refractivity contribution in [1.29, 1.82) is 0 Å². The van der Waals surface area contributed by atoms with E-state index in [0.717, 1.165) is 0 Å². The summed E-state index contributed by atoms with van der Waals surface area (Å²) in [7, 11) is 0. The summed E-state index contributed by atoms with van der Waals surface area (Å²) in [4.78, 5) is 12.0. The fraction of sp³-hybridized carbons (Fsp3) is 0.0938. The lowest BCUT2D eigenvalue weighted by Crippen LogP contribution is -2.11. The Balaban J connectivity index is 1.75. The van der Waals surface area contributed by atoms with Gasteiger partial charge >= 0.3 is 5.97 Å². The van der Waals surface area contributed by atoms with Crippen LogP contribution in [0.1, 0.15) is 24.0 Å². The number of carbonyl (C=O) groups excluding carboxylic acids is 1. The van der Waals surface area contributed by atoms with Crippen LogP contribution in [0.3, 0.4) is 0 Å². The molecule has 0 bridgehead atoms. The van der Waals surface area contributed by atoms with E-state index in [-0.39, 0.29) is 11.9 Å². The first-order chi connectivity index (χ1) is 16.7. The van der Waals surface area contributed by atoms with Gasteiger partial charge in [0.15, 0.2) is 0 Å². The maximum absolute atomic E-state index is 12.0. The van der Waals surface area contributed by atoms with Crippen molar-refractivity contribution >= 4 is 49.1 Å². The summed E-state index contributed by atoms with van der Waals surface area (Å²) in [5, 5.41) is 9.97. The molecule has 0 aliphatic heterocycles. The molecule has 0 amide bonds. The van der Waals surface area contributed by atoms with E-state index in [1.54, 1.807) is 0 Å². The largest absolute Gasteiger partial charge is 0.465 e. The van der Waals surface area contributed by atoms with Crippen molar-refractivity contribution < 1.29 is 9.53 Å². The third kappa shape index (κ3) is 2.54. The second-order valence-corrected chi connectivity index (χ2v) is 9.11. The summed E-state index contributed by atoms with van der Waals surface area (Å²) in [6.07, 6.45) is 0. The minimum Gasteiger partial charge on any atom is -0.465 e. The van der Waals surface area contributed by atoms with E-state index < -0.39 is 0 Å². The zero-order chi connectivity index (χ0) is 22.8. The van der Waals surface area contributed by atoms with Crippen LogP contribution in [0.25, 0.3) is 54.2 Å². The van der Waals surface area contributed by atoms with E-state index in [4.69, 9.17) is 4.74 Å². The normalized spacial score (nSPS) is 13.0. The molecule has 1 aliphatic carbocycles. The summed E-state index contributed by atoms with van der Waals surface area (Å²) in [5.41, 5.74) is 5.10. The third-order valence-corrected chi connectivity index (χ3v) is 7.35. The van der Waals surface area contributed by atoms with Crippen molar-refractivity contribution in [2.45, 2.75) is 12.8 Å². The maximum atomic E-state index is 12.0. The lowest BCUT2D eigenvalue weighted by atomic mass is 9.88. The molecule has 2 nitrogen and oxygen atoms in total.